The summed E-state index contributed by atoms with van der Waals surface area (Å²) in [5.41, 5.74) is 23.7. The first-order valence-corrected chi connectivity index (χ1v) is 42.2. The number of tetrazole rings is 3. The van der Waals surface area contributed by atoms with E-state index in [1.54, 1.807) is 54.6 Å². The van der Waals surface area contributed by atoms with Crippen LogP contribution < -0.4 is 50.6 Å². The molecule has 127 heavy (non-hydrogen) atoms. The highest BCUT2D eigenvalue weighted by Crippen LogP contribution is 2.46. The standard InChI is InChI=1S/C31H33N11O2.C27H26N10O.C21H23ClN8O2.C9H10N4/c1-19-33-27-24(36-23-10-7-9-22(28(23)43-4)29-37-39-40(3)38-29)18-21(35-31(27)42(19)26-11-5-6-16-44-26)17-20-12-13-25(30(32-2)34-20)41-14-8-15-41;1-16-13-21-24(29-16)22(32-20-8-5-7-19(25(20)38-4)26-33-35-36(3)34-26)15-18(30-21)14-17-9-10-23(27(28-2)31-17)37-11-6-12-37;1-12-23-18-15(11-16(22)25-21(18)30(12)17-9-4-5-10-32-17)24-14-8-6-7-13(19(14)31-3)20-26-28-29(2)27-20;1-11-9-7(13-5-2-6-13)3-4-8(10)12-9/h7,9-10,12-13,18,26H,5-6,8,11,14-17H2,1,3-4H3,(H,35,36);5,7-10,15H,6,11-14H2,1,3-4H3,(H,30,32);6-8,11,17H,4-5,9-10H2,1-3H3,(H,24,25);3-4H,2,5-6H2,(H2,10,12). The van der Waals surface area contributed by atoms with Crippen LogP contribution in [0, 0.1) is 33.6 Å². The van der Waals surface area contributed by atoms with E-state index in [0.29, 0.717) is 106 Å². The summed E-state index contributed by atoms with van der Waals surface area (Å²) in [6.07, 6.45) is 11.0. The van der Waals surface area contributed by atoms with Crippen LogP contribution in [-0.2, 0) is 49.9 Å². The van der Waals surface area contributed by atoms with Gasteiger partial charge in [-0.25, -0.2) is 19.9 Å². The largest absolute Gasteiger partial charge is 0.494 e. The van der Waals surface area contributed by atoms with Crippen molar-refractivity contribution in [2.45, 2.75) is 110 Å². The number of nitrogens with two attached hydrogens (primary N) is 1. The van der Waals surface area contributed by atoms with Crippen molar-refractivity contribution in [1.29, 1.82) is 0 Å². The van der Waals surface area contributed by atoms with Crippen molar-refractivity contribution < 1.29 is 23.7 Å². The quantitative estimate of drug-likeness (QED) is 0.0383. The number of ether oxygens (including phenoxy) is 5. The van der Waals surface area contributed by atoms with E-state index < -0.39 is 0 Å². The molecule has 5 N–H and O–H groups in total. The predicted octanol–water partition coefficient (Wildman–Crippen LogP) is 15.0. The molecule has 20 rings (SSSR count). The minimum atomic E-state index is -0.132. The second-order valence-corrected chi connectivity index (χ2v) is 31.5. The van der Waals surface area contributed by atoms with E-state index in [4.69, 9.17) is 90.6 Å². The monoisotopic (exact) mass is 1730 g/mol. The number of nitrogens with zero attached hydrogens (tertiary/aromatic N) is 29. The number of pyridine rings is 6. The van der Waals surface area contributed by atoms with Crippen molar-refractivity contribution in [3.8, 4) is 51.4 Å². The highest BCUT2D eigenvalue weighted by atomic mass is 35.5. The molecule has 5 fully saturated rings. The van der Waals surface area contributed by atoms with Crippen LogP contribution in [0.25, 0.3) is 71.0 Å². The molecule has 0 amide bonds. The molecule has 2 atom stereocenters. The minimum absolute atomic E-state index is 0.0897. The number of rotatable bonds is 21. The number of benzene rings is 3. The summed E-state index contributed by atoms with van der Waals surface area (Å²) >= 11 is 6.42. The molecule has 11 aromatic heterocycles. The molecule has 39 heteroatoms. The number of nitrogens with one attached hydrogen (secondary N) is 3. The molecule has 5 saturated heterocycles. The number of hydrogen-bond acceptors (Lipinski definition) is 30. The van der Waals surface area contributed by atoms with Gasteiger partial charge < -0.3 is 74.6 Å². The van der Waals surface area contributed by atoms with Crippen LogP contribution in [0.1, 0.15) is 117 Å². The number of aryl methyl sites for hydroxylation is 5. The Morgan fingerprint density at radius 3 is 1.27 bits per heavy atom. The van der Waals surface area contributed by atoms with Gasteiger partial charge in [0.1, 0.15) is 57.4 Å². The molecule has 3 aromatic carbocycles. The van der Waals surface area contributed by atoms with Gasteiger partial charge in [0.25, 0.3) is 17.5 Å². The molecule has 0 bridgehead atoms. The van der Waals surface area contributed by atoms with Gasteiger partial charge in [-0.3, -0.25) is 19.1 Å². The van der Waals surface area contributed by atoms with E-state index in [0.717, 1.165) is 222 Å². The molecule has 0 saturated carbocycles. The fourth-order valence-electron chi connectivity index (χ4n) is 16.1. The van der Waals surface area contributed by atoms with Crippen molar-refractivity contribution in [3.63, 3.8) is 0 Å². The number of halogens is 1. The van der Waals surface area contributed by atoms with E-state index in [9.17, 15) is 0 Å². The average molecular weight is 1730 g/mol. The van der Waals surface area contributed by atoms with Crippen LogP contribution >= 0.6 is 11.6 Å². The fourth-order valence-corrected chi connectivity index (χ4v) is 16.3. The van der Waals surface area contributed by atoms with Crippen molar-refractivity contribution in [3.05, 3.63) is 189 Å². The summed E-state index contributed by atoms with van der Waals surface area (Å²) in [5.74, 6) is 6.56. The van der Waals surface area contributed by atoms with Crippen LogP contribution in [0.4, 0.5) is 80.1 Å². The Morgan fingerprint density at radius 1 is 0.457 bits per heavy atom. The molecule has 6 aliphatic heterocycles. The van der Waals surface area contributed by atoms with Gasteiger partial charge in [-0.2, -0.15) is 14.4 Å². The first-order valence-electron chi connectivity index (χ1n) is 41.8. The lowest BCUT2D eigenvalue weighted by atomic mass is 10.1. The van der Waals surface area contributed by atoms with E-state index >= 15 is 0 Å². The first-order chi connectivity index (χ1) is 61.9. The smallest absolute Gasteiger partial charge is 0.294 e. The van der Waals surface area contributed by atoms with Gasteiger partial charge in [0, 0.05) is 76.7 Å². The Labute approximate surface area is 736 Å². The number of aromatic nitrogens is 22. The highest BCUT2D eigenvalue weighted by molar-refractivity contribution is 6.30. The zero-order valence-corrected chi connectivity index (χ0v) is 72.4. The lowest BCUT2D eigenvalue weighted by molar-refractivity contribution is -0.0310. The number of para-hydroxylation sites is 3. The van der Waals surface area contributed by atoms with Crippen LogP contribution in [0.5, 0.6) is 17.2 Å². The zero-order chi connectivity index (χ0) is 87.9. The lowest BCUT2D eigenvalue weighted by Gasteiger charge is -2.33. The van der Waals surface area contributed by atoms with Gasteiger partial charge in [-0.15, -0.1) is 45.5 Å². The van der Waals surface area contributed by atoms with E-state index in [-0.39, 0.29) is 12.5 Å². The Balaban J connectivity index is 0.000000126. The molecule has 6 aliphatic rings. The summed E-state index contributed by atoms with van der Waals surface area (Å²) in [6.45, 7) is 35.6. The van der Waals surface area contributed by atoms with Gasteiger partial charge in [-0.1, -0.05) is 49.5 Å². The van der Waals surface area contributed by atoms with Crippen LogP contribution in [0.15, 0.2) is 114 Å². The van der Waals surface area contributed by atoms with Crippen molar-refractivity contribution in [1.82, 2.24) is 110 Å². The SMILES string of the molecule is COc1c(Nc2cc(Cl)nc3c2nc(C)n3C2CCCCO2)cccc1-c1nnn(C)n1.[C-]#[N+]c1nc(Cc2cc(Nc3cccc(-c4nnn(C)n4)c3OC)c3c(n2)CC(C)=N3)ccc1N1CCC1.[C-]#[N+]c1nc(Cc2cc(Nc3cccc(-c4nnn(C)n4)c3OC)c3nc(C)n(C4CCCCO4)c3n2)ccc1N1CCC1.[C-]#[N+]c1nc(N)ccc1N1CCC1. The Morgan fingerprint density at radius 2 is 0.866 bits per heavy atom. The topological polar surface area (TPSA) is 387 Å². The Hall–Kier alpha value is -14.9. The second-order valence-electron chi connectivity index (χ2n) is 31.1. The third-order valence-corrected chi connectivity index (χ3v) is 22.6. The van der Waals surface area contributed by atoms with Crippen molar-refractivity contribution in [2.24, 2.45) is 26.1 Å². The van der Waals surface area contributed by atoms with Gasteiger partial charge in [0.2, 0.25) is 23.3 Å². The Bertz CT molecular complexity index is 6610. The molecular formula is C88H92ClN33O5. The molecule has 0 aliphatic carbocycles. The molecule has 0 spiro atoms. The van der Waals surface area contributed by atoms with Crippen LogP contribution in [0.3, 0.4) is 0 Å². The number of fused-ring (bicyclic) bond motifs is 3. The number of anilines is 10. The number of aliphatic imine (C=N–C) groups is 1. The molecule has 38 nitrogen and oxygen atoms in total. The van der Waals surface area contributed by atoms with Crippen molar-refractivity contribution >= 4 is 120 Å². The molecule has 0 radical (unpaired) electrons. The lowest BCUT2D eigenvalue weighted by Crippen LogP contribution is -2.37. The summed E-state index contributed by atoms with van der Waals surface area (Å²) in [7, 11) is 10.0. The third-order valence-electron chi connectivity index (χ3n) is 22.4. The molecule has 646 valence electrons. The first kappa shape index (κ1) is 84.3. The normalized spacial score (nSPS) is 15.6. The highest BCUT2D eigenvalue weighted by Gasteiger charge is 2.31. The van der Waals surface area contributed by atoms with E-state index in [1.165, 1.54) is 20.8 Å². The van der Waals surface area contributed by atoms with Crippen molar-refractivity contribution in [2.75, 3.05) is 110 Å². The predicted molar refractivity (Wildman–Crippen MR) is 482 cm³/mol. The Kier molecular flexibility index (Phi) is 24.7. The van der Waals surface area contributed by atoms with Gasteiger partial charge in [0.05, 0.1) is 140 Å². The number of hydrogen-bond donors (Lipinski definition) is 4. The molecule has 2 unspecified atom stereocenters. The molecular weight excluding hydrogens is 1630 g/mol. The summed E-state index contributed by atoms with van der Waals surface area (Å²) in [4.78, 5) is 64.0. The van der Waals surface area contributed by atoms with Crippen LogP contribution in [-0.4, -0.2) is 189 Å². The maximum Gasteiger partial charge on any atom is 0.294 e. The number of imidazole rings is 2. The summed E-state index contributed by atoms with van der Waals surface area (Å²) < 4.78 is 33.6. The van der Waals surface area contributed by atoms with E-state index in [2.05, 4.69) is 111 Å². The van der Waals surface area contributed by atoms with Crippen LogP contribution in [0.2, 0.25) is 5.15 Å². The average Bonchev–Trinajstić information content (AvgIpc) is 1.62. The van der Waals surface area contributed by atoms with Gasteiger partial charge in [-0.05, 0) is 173 Å². The maximum absolute atomic E-state index is 7.74. The number of nitrogen functional groups attached to an aromatic ring is 1. The van der Waals surface area contributed by atoms with Gasteiger partial charge in [0.15, 0.2) is 28.5 Å². The minimum Gasteiger partial charge on any atom is -0.494 e. The zero-order valence-electron chi connectivity index (χ0n) is 71.7. The second kappa shape index (κ2) is 37.2. The van der Waals surface area contributed by atoms with Gasteiger partial charge >= 0.3 is 0 Å². The maximum atomic E-state index is 7.74. The number of methoxy groups -OCH3 is 3. The van der Waals surface area contributed by atoms with E-state index in [1.807, 2.05) is 122 Å². The third kappa shape index (κ3) is 18.0. The summed E-state index contributed by atoms with van der Waals surface area (Å²) in [5, 5.41) is 48.2. The summed E-state index contributed by atoms with van der Waals surface area (Å²) in [6, 6.07) is 34.6. The molecule has 17 heterocycles. The molecule has 14 aromatic rings. The fraction of sp³-hybridized carbons (Fsp3) is 0.352.